The van der Waals surface area contributed by atoms with Gasteiger partial charge >= 0.3 is 0 Å². The maximum Gasteiger partial charge on any atom is 0.127 e. The van der Waals surface area contributed by atoms with Crippen LogP contribution in [-0.2, 0) is 13.0 Å². The second-order valence-corrected chi connectivity index (χ2v) is 4.43. The van der Waals surface area contributed by atoms with Gasteiger partial charge in [0.05, 0.1) is 24.3 Å². The summed E-state index contributed by atoms with van der Waals surface area (Å²) in [4.78, 5) is 3.98. The number of hydrogen-bond acceptors (Lipinski definition) is 2. The third-order valence-electron chi connectivity index (χ3n) is 2.89. The first-order chi connectivity index (χ1) is 8.63. The van der Waals surface area contributed by atoms with Crippen molar-refractivity contribution < 1.29 is 9.50 Å². The molecule has 0 spiro atoms. The first-order valence-electron chi connectivity index (χ1n) is 5.74. The Hall–Kier alpha value is -1.39. The van der Waals surface area contributed by atoms with Crippen LogP contribution in [0.2, 0.25) is 5.02 Å². The molecule has 0 aliphatic carbocycles. The summed E-state index contributed by atoms with van der Waals surface area (Å²) in [6.07, 6.45) is 2.54. The van der Waals surface area contributed by atoms with Crippen molar-refractivity contribution in [2.45, 2.75) is 26.0 Å². The quantitative estimate of drug-likeness (QED) is 0.926. The van der Waals surface area contributed by atoms with Gasteiger partial charge in [-0.1, -0.05) is 17.7 Å². The number of imidazole rings is 1. The fourth-order valence-corrected chi connectivity index (χ4v) is 2.14. The molecular formula is C13H14ClFN2O. The van der Waals surface area contributed by atoms with E-state index in [1.54, 1.807) is 24.7 Å². The van der Waals surface area contributed by atoms with E-state index in [-0.39, 0.29) is 6.42 Å². The molecule has 0 saturated heterocycles. The van der Waals surface area contributed by atoms with Crippen LogP contribution in [0.15, 0.2) is 30.7 Å². The highest BCUT2D eigenvalue weighted by Crippen LogP contribution is 2.25. The molecule has 5 heteroatoms. The summed E-state index contributed by atoms with van der Waals surface area (Å²) < 4.78 is 15.4. The fraction of sp³-hybridized carbons (Fsp3) is 0.308. The number of benzene rings is 1. The third-order valence-corrected chi connectivity index (χ3v) is 3.24. The molecule has 1 N–H and O–H groups in total. The summed E-state index contributed by atoms with van der Waals surface area (Å²) in [6.45, 7) is 2.66. The zero-order valence-corrected chi connectivity index (χ0v) is 10.7. The number of aromatic nitrogens is 2. The minimum atomic E-state index is -0.818. The number of hydrogen-bond donors (Lipinski definition) is 1. The standard InChI is InChI=1S/C13H14ClFN2O/c1-2-17-8-16-7-12(17)13(18)6-9-10(14)4-3-5-11(9)15/h3-5,7-8,13,18H,2,6H2,1H3. The van der Waals surface area contributed by atoms with Gasteiger partial charge in [-0.2, -0.15) is 0 Å². The Morgan fingerprint density at radius 1 is 1.50 bits per heavy atom. The molecule has 0 aliphatic rings. The molecule has 0 radical (unpaired) electrons. The van der Waals surface area contributed by atoms with E-state index in [0.29, 0.717) is 22.8 Å². The summed E-state index contributed by atoms with van der Waals surface area (Å²) in [7, 11) is 0. The van der Waals surface area contributed by atoms with Gasteiger partial charge in [0.15, 0.2) is 0 Å². The van der Waals surface area contributed by atoms with Crippen molar-refractivity contribution in [2.75, 3.05) is 0 Å². The third kappa shape index (κ3) is 2.54. The van der Waals surface area contributed by atoms with Crippen LogP contribution in [0.1, 0.15) is 24.3 Å². The first-order valence-corrected chi connectivity index (χ1v) is 6.12. The Balaban J connectivity index is 2.24. The number of rotatable bonds is 4. The highest BCUT2D eigenvalue weighted by molar-refractivity contribution is 6.31. The topological polar surface area (TPSA) is 38.0 Å². The van der Waals surface area contributed by atoms with Crippen LogP contribution >= 0.6 is 11.6 Å². The predicted octanol–water partition coefficient (Wildman–Crippen LogP) is 2.97. The van der Waals surface area contributed by atoms with E-state index >= 15 is 0 Å². The molecule has 0 amide bonds. The zero-order chi connectivity index (χ0) is 13.1. The van der Waals surface area contributed by atoms with Crippen LogP contribution in [0.25, 0.3) is 0 Å². The molecule has 1 aromatic heterocycles. The van der Waals surface area contributed by atoms with Crippen LogP contribution < -0.4 is 0 Å². The molecule has 2 rings (SSSR count). The molecule has 1 heterocycles. The zero-order valence-electron chi connectivity index (χ0n) is 9.98. The van der Waals surface area contributed by atoms with Gasteiger partial charge in [-0.3, -0.25) is 0 Å². The minimum Gasteiger partial charge on any atom is -0.386 e. The van der Waals surface area contributed by atoms with Crippen molar-refractivity contribution in [3.63, 3.8) is 0 Å². The highest BCUT2D eigenvalue weighted by atomic mass is 35.5. The van der Waals surface area contributed by atoms with E-state index in [1.807, 2.05) is 11.5 Å². The van der Waals surface area contributed by atoms with E-state index in [9.17, 15) is 9.50 Å². The van der Waals surface area contributed by atoms with Crippen LogP contribution in [0, 0.1) is 5.82 Å². The molecule has 1 unspecified atom stereocenters. The Morgan fingerprint density at radius 3 is 2.94 bits per heavy atom. The Labute approximate surface area is 110 Å². The number of aryl methyl sites for hydroxylation is 1. The molecule has 96 valence electrons. The minimum absolute atomic E-state index is 0.136. The van der Waals surface area contributed by atoms with Crippen LogP contribution in [0.5, 0.6) is 0 Å². The Morgan fingerprint density at radius 2 is 2.28 bits per heavy atom. The van der Waals surface area contributed by atoms with Gasteiger partial charge in [0.1, 0.15) is 5.82 Å². The summed E-state index contributed by atoms with van der Waals surface area (Å²) in [5.41, 5.74) is 0.993. The fourth-order valence-electron chi connectivity index (χ4n) is 1.90. The van der Waals surface area contributed by atoms with Crippen molar-refractivity contribution in [3.8, 4) is 0 Å². The Kier molecular flexibility index (Phi) is 3.99. The molecule has 2 aromatic rings. The lowest BCUT2D eigenvalue weighted by Crippen LogP contribution is -2.09. The van der Waals surface area contributed by atoms with Crippen LogP contribution in [0.3, 0.4) is 0 Å². The van der Waals surface area contributed by atoms with Crippen molar-refractivity contribution in [1.29, 1.82) is 0 Å². The maximum absolute atomic E-state index is 13.6. The average Bonchev–Trinajstić information content (AvgIpc) is 2.82. The highest BCUT2D eigenvalue weighted by Gasteiger charge is 2.17. The summed E-state index contributed by atoms with van der Waals surface area (Å²) in [6, 6.07) is 4.50. The van der Waals surface area contributed by atoms with E-state index in [1.165, 1.54) is 6.07 Å². The summed E-state index contributed by atoms with van der Waals surface area (Å²) in [5.74, 6) is -0.399. The molecule has 0 aliphatic heterocycles. The van der Waals surface area contributed by atoms with Gasteiger partial charge in [-0.05, 0) is 19.1 Å². The molecule has 3 nitrogen and oxygen atoms in total. The molecule has 1 aromatic carbocycles. The SMILES string of the molecule is CCn1cncc1C(O)Cc1c(F)cccc1Cl. The van der Waals surface area contributed by atoms with Crippen molar-refractivity contribution in [3.05, 3.63) is 52.8 Å². The molecule has 0 fully saturated rings. The number of aliphatic hydroxyl groups excluding tert-OH is 1. The maximum atomic E-state index is 13.6. The molecule has 0 saturated carbocycles. The lowest BCUT2D eigenvalue weighted by atomic mass is 10.1. The second kappa shape index (κ2) is 5.50. The van der Waals surface area contributed by atoms with Crippen LogP contribution in [0.4, 0.5) is 4.39 Å². The van der Waals surface area contributed by atoms with Gasteiger partial charge in [-0.15, -0.1) is 0 Å². The van der Waals surface area contributed by atoms with Gasteiger partial charge in [-0.25, -0.2) is 9.37 Å². The molecule has 1 atom stereocenters. The van der Waals surface area contributed by atoms with Gasteiger partial charge in [0.25, 0.3) is 0 Å². The second-order valence-electron chi connectivity index (χ2n) is 4.02. The lowest BCUT2D eigenvalue weighted by molar-refractivity contribution is 0.167. The van der Waals surface area contributed by atoms with Gasteiger partial charge in [0, 0.05) is 23.6 Å². The van der Waals surface area contributed by atoms with Gasteiger partial charge < -0.3 is 9.67 Å². The smallest absolute Gasteiger partial charge is 0.127 e. The largest absolute Gasteiger partial charge is 0.386 e. The van der Waals surface area contributed by atoms with E-state index in [0.717, 1.165) is 0 Å². The first kappa shape index (κ1) is 13.1. The van der Waals surface area contributed by atoms with Crippen molar-refractivity contribution in [2.24, 2.45) is 0 Å². The lowest BCUT2D eigenvalue weighted by Gasteiger charge is -2.14. The van der Waals surface area contributed by atoms with E-state index in [4.69, 9.17) is 11.6 Å². The van der Waals surface area contributed by atoms with Crippen molar-refractivity contribution >= 4 is 11.6 Å². The van der Waals surface area contributed by atoms with Crippen molar-refractivity contribution in [1.82, 2.24) is 9.55 Å². The molecular weight excluding hydrogens is 255 g/mol. The monoisotopic (exact) mass is 268 g/mol. The van der Waals surface area contributed by atoms with Gasteiger partial charge in [0.2, 0.25) is 0 Å². The summed E-state index contributed by atoms with van der Waals surface area (Å²) >= 11 is 5.94. The number of aliphatic hydroxyl groups is 1. The predicted molar refractivity (Wildman–Crippen MR) is 68.0 cm³/mol. The Bertz CT molecular complexity index is 521. The average molecular weight is 269 g/mol. The molecule has 18 heavy (non-hydrogen) atoms. The normalized spacial score (nSPS) is 12.7. The molecule has 0 bridgehead atoms. The van der Waals surface area contributed by atoms with E-state index < -0.39 is 11.9 Å². The number of nitrogens with zero attached hydrogens (tertiary/aromatic N) is 2. The summed E-state index contributed by atoms with van der Waals surface area (Å²) in [5, 5.41) is 10.5. The number of halogens is 2. The van der Waals surface area contributed by atoms with E-state index in [2.05, 4.69) is 4.98 Å². The van der Waals surface area contributed by atoms with Crippen LogP contribution in [-0.4, -0.2) is 14.7 Å².